The van der Waals surface area contributed by atoms with Gasteiger partial charge in [0.2, 0.25) is 0 Å². The van der Waals surface area contributed by atoms with Crippen molar-refractivity contribution in [2.45, 2.75) is 64.5 Å². The molecule has 118 valence electrons. The van der Waals surface area contributed by atoms with Gasteiger partial charge in [0.25, 0.3) is 0 Å². The summed E-state index contributed by atoms with van der Waals surface area (Å²) in [4.78, 5) is 4.24. The third kappa shape index (κ3) is 4.04. The number of aromatic nitrogens is 1. The first kappa shape index (κ1) is 16.4. The highest BCUT2D eigenvalue weighted by molar-refractivity contribution is 5.13. The molecule has 3 heteroatoms. The maximum absolute atomic E-state index is 6.31. The first-order valence-corrected chi connectivity index (χ1v) is 8.21. The van der Waals surface area contributed by atoms with Gasteiger partial charge in [-0.05, 0) is 63.1 Å². The quantitative estimate of drug-likeness (QED) is 0.869. The lowest BCUT2D eigenvalue weighted by Crippen LogP contribution is -2.55. The second-order valence-electron chi connectivity index (χ2n) is 7.07. The molecule has 1 unspecified atom stereocenters. The van der Waals surface area contributed by atoms with Crippen molar-refractivity contribution in [1.29, 1.82) is 0 Å². The van der Waals surface area contributed by atoms with Crippen molar-refractivity contribution >= 4 is 0 Å². The average molecular weight is 290 g/mol. The van der Waals surface area contributed by atoms with Gasteiger partial charge in [-0.25, -0.2) is 0 Å². The van der Waals surface area contributed by atoms with E-state index in [1.54, 1.807) is 0 Å². The van der Waals surface area contributed by atoms with E-state index < -0.39 is 0 Å². The van der Waals surface area contributed by atoms with Gasteiger partial charge in [-0.3, -0.25) is 4.98 Å². The summed E-state index contributed by atoms with van der Waals surface area (Å²) in [5.41, 5.74) is 1.70. The summed E-state index contributed by atoms with van der Waals surface area (Å²) >= 11 is 0. The molecule has 1 saturated carbocycles. The number of hydrogen-bond donors (Lipinski definition) is 1. The predicted octanol–water partition coefficient (Wildman–Crippen LogP) is 3.59. The molecule has 0 amide bonds. The largest absolute Gasteiger partial charge is 0.374 e. The molecule has 0 bridgehead atoms. The summed E-state index contributed by atoms with van der Waals surface area (Å²) in [6.07, 6.45) is 9.52. The Balaban J connectivity index is 2.15. The summed E-state index contributed by atoms with van der Waals surface area (Å²) in [6.45, 7) is 7.64. The van der Waals surface area contributed by atoms with Crippen molar-refractivity contribution in [3.8, 4) is 0 Å². The van der Waals surface area contributed by atoms with E-state index in [9.17, 15) is 0 Å². The summed E-state index contributed by atoms with van der Waals surface area (Å²) in [6, 6.07) is 4.51. The topological polar surface area (TPSA) is 34.1 Å². The molecule has 21 heavy (non-hydrogen) atoms. The Hall–Kier alpha value is -0.930. The van der Waals surface area contributed by atoms with Crippen molar-refractivity contribution in [3.05, 3.63) is 30.1 Å². The van der Waals surface area contributed by atoms with Crippen LogP contribution in [0.1, 0.15) is 52.0 Å². The SMILES string of the molecule is CCOC1(C(Cc2cccnc2)NC)CCC(C)(C)CC1. The highest BCUT2D eigenvalue weighted by Gasteiger charge is 2.44. The Kier molecular flexibility index (Phi) is 5.39. The molecule has 1 aliphatic rings. The molecular formula is C18H30N2O. The lowest BCUT2D eigenvalue weighted by atomic mass is 9.67. The number of hydrogen-bond acceptors (Lipinski definition) is 3. The highest BCUT2D eigenvalue weighted by Crippen LogP contribution is 2.44. The number of ether oxygens (including phenoxy) is 1. The van der Waals surface area contributed by atoms with Gasteiger partial charge >= 0.3 is 0 Å². The number of rotatable bonds is 6. The van der Waals surface area contributed by atoms with E-state index in [0.29, 0.717) is 11.5 Å². The minimum atomic E-state index is -0.0329. The van der Waals surface area contributed by atoms with Crippen LogP contribution in [0.5, 0.6) is 0 Å². The van der Waals surface area contributed by atoms with Crippen LogP contribution in [-0.4, -0.2) is 30.3 Å². The molecule has 1 heterocycles. The van der Waals surface area contributed by atoms with E-state index >= 15 is 0 Å². The van der Waals surface area contributed by atoms with Crippen molar-refractivity contribution in [2.75, 3.05) is 13.7 Å². The lowest BCUT2D eigenvalue weighted by Gasteiger charge is -2.47. The summed E-state index contributed by atoms with van der Waals surface area (Å²) in [7, 11) is 2.06. The molecule has 1 aromatic rings. The van der Waals surface area contributed by atoms with E-state index in [1.807, 2.05) is 18.5 Å². The average Bonchev–Trinajstić information content (AvgIpc) is 2.49. The minimum Gasteiger partial charge on any atom is -0.374 e. The van der Waals surface area contributed by atoms with Crippen LogP contribution in [0.15, 0.2) is 24.5 Å². The molecule has 0 saturated heterocycles. The molecule has 0 spiro atoms. The van der Waals surface area contributed by atoms with Crippen LogP contribution in [0.4, 0.5) is 0 Å². The Bertz CT molecular complexity index is 420. The van der Waals surface area contributed by atoms with Crippen molar-refractivity contribution in [1.82, 2.24) is 10.3 Å². The van der Waals surface area contributed by atoms with E-state index in [1.165, 1.54) is 18.4 Å². The van der Waals surface area contributed by atoms with Crippen LogP contribution >= 0.6 is 0 Å². The fourth-order valence-corrected chi connectivity index (χ4v) is 3.54. The van der Waals surface area contributed by atoms with Gasteiger partial charge < -0.3 is 10.1 Å². The van der Waals surface area contributed by atoms with E-state index in [2.05, 4.69) is 44.2 Å². The van der Waals surface area contributed by atoms with E-state index in [-0.39, 0.29) is 5.60 Å². The van der Waals surface area contributed by atoms with Crippen molar-refractivity contribution in [2.24, 2.45) is 5.41 Å². The Morgan fingerprint density at radius 2 is 2.00 bits per heavy atom. The Morgan fingerprint density at radius 3 is 2.52 bits per heavy atom. The van der Waals surface area contributed by atoms with E-state index in [0.717, 1.165) is 25.9 Å². The van der Waals surface area contributed by atoms with Gasteiger partial charge in [0.15, 0.2) is 0 Å². The standard InChI is InChI=1S/C18H30N2O/c1-5-21-18(10-8-17(2,3)9-11-18)16(19-4)13-15-7-6-12-20-14-15/h6-7,12,14,16,19H,5,8-11,13H2,1-4H3. The molecule has 1 N–H and O–H groups in total. The second-order valence-corrected chi connectivity index (χ2v) is 7.07. The molecule has 0 aliphatic heterocycles. The smallest absolute Gasteiger partial charge is 0.0838 e. The number of likely N-dealkylation sites (N-methyl/N-ethyl adjacent to an activating group) is 1. The first-order chi connectivity index (χ1) is 10.0. The zero-order valence-electron chi connectivity index (χ0n) is 14.0. The normalized spacial score (nSPS) is 21.9. The molecule has 2 rings (SSSR count). The van der Waals surface area contributed by atoms with Crippen LogP contribution in [0.2, 0.25) is 0 Å². The number of nitrogens with one attached hydrogen (secondary N) is 1. The van der Waals surface area contributed by atoms with Crippen LogP contribution in [0.25, 0.3) is 0 Å². The summed E-state index contributed by atoms with van der Waals surface area (Å²) in [5, 5.41) is 3.52. The third-order valence-electron chi connectivity index (χ3n) is 5.03. The van der Waals surface area contributed by atoms with Gasteiger partial charge in [0.05, 0.1) is 5.60 Å². The van der Waals surface area contributed by atoms with Gasteiger partial charge in [-0.2, -0.15) is 0 Å². The minimum absolute atomic E-state index is 0.0329. The molecule has 0 radical (unpaired) electrons. The zero-order valence-corrected chi connectivity index (χ0v) is 14.0. The summed E-state index contributed by atoms with van der Waals surface area (Å²) in [5.74, 6) is 0. The van der Waals surface area contributed by atoms with Gasteiger partial charge in [0, 0.05) is 25.0 Å². The number of pyridine rings is 1. The molecule has 3 nitrogen and oxygen atoms in total. The summed E-state index contributed by atoms with van der Waals surface area (Å²) < 4.78 is 6.31. The zero-order chi connectivity index (χ0) is 15.3. The van der Waals surface area contributed by atoms with Crippen LogP contribution in [0.3, 0.4) is 0 Å². The van der Waals surface area contributed by atoms with Crippen LogP contribution in [-0.2, 0) is 11.2 Å². The van der Waals surface area contributed by atoms with Gasteiger partial charge in [-0.15, -0.1) is 0 Å². The lowest BCUT2D eigenvalue weighted by molar-refractivity contribution is -0.105. The van der Waals surface area contributed by atoms with E-state index in [4.69, 9.17) is 4.74 Å². The molecular weight excluding hydrogens is 260 g/mol. The number of nitrogens with zero attached hydrogens (tertiary/aromatic N) is 1. The van der Waals surface area contributed by atoms with Crippen LogP contribution < -0.4 is 5.32 Å². The first-order valence-electron chi connectivity index (χ1n) is 8.21. The van der Waals surface area contributed by atoms with Crippen LogP contribution in [0, 0.1) is 5.41 Å². The highest BCUT2D eigenvalue weighted by atomic mass is 16.5. The fraction of sp³-hybridized carbons (Fsp3) is 0.722. The maximum atomic E-state index is 6.31. The monoisotopic (exact) mass is 290 g/mol. The van der Waals surface area contributed by atoms with Gasteiger partial charge in [-0.1, -0.05) is 19.9 Å². The molecule has 1 atom stereocenters. The molecule has 0 aromatic carbocycles. The van der Waals surface area contributed by atoms with Crippen molar-refractivity contribution in [3.63, 3.8) is 0 Å². The molecule has 1 aliphatic carbocycles. The molecule has 1 fully saturated rings. The Labute approximate surface area is 129 Å². The molecule has 1 aromatic heterocycles. The second kappa shape index (κ2) is 6.89. The predicted molar refractivity (Wildman–Crippen MR) is 87.4 cm³/mol. The third-order valence-corrected chi connectivity index (χ3v) is 5.03. The Morgan fingerprint density at radius 1 is 1.29 bits per heavy atom. The van der Waals surface area contributed by atoms with Gasteiger partial charge in [0.1, 0.15) is 0 Å². The van der Waals surface area contributed by atoms with Crippen molar-refractivity contribution < 1.29 is 4.74 Å². The fourth-order valence-electron chi connectivity index (χ4n) is 3.54. The maximum Gasteiger partial charge on any atom is 0.0838 e.